The molecule has 1 aromatic carbocycles. The van der Waals surface area contributed by atoms with Crippen molar-refractivity contribution in [2.45, 2.75) is 19.4 Å². The van der Waals surface area contributed by atoms with E-state index in [4.69, 9.17) is 0 Å². The van der Waals surface area contributed by atoms with Crippen LogP contribution in [-0.4, -0.2) is 41.0 Å². The molecule has 3 nitrogen and oxygen atoms in total. The maximum atomic E-state index is 12.2. The Morgan fingerprint density at radius 2 is 2.22 bits per heavy atom. The van der Waals surface area contributed by atoms with E-state index in [9.17, 15) is 9.90 Å². The van der Waals surface area contributed by atoms with Crippen LogP contribution in [0.15, 0.2) is 22.7 Å². The Morgan fingerprint density at radius 3 is 2.78 bits per heavy atom. The summed E-state index contributed by atoms with van der Waals surface area (Å²) in [5.74, 6) is 1.06. The van der Waals surface area contributed by atoms with E-state index in [2.05, 4.69) is 22.2 Å². The summed E-state index contributed by atoms with van der Waals surface area (Å²) < 4.78 is 0.595. The average molecular weight is 332 g/mol. The monoisotopic (exact) mass is 331 g/mol. The highest BCUT2D eigenvalue weighted by Gasteiger charge is 2.17. The normalized spacial score (nSPS) is 12.2. The highest BCUT2D eigenvalue weighted by atomic mass is 79.9. The molecule has 0 saturated carbocycles. The highest BCUT2D eigenvalue weighted by molar-refractivity contribution is 9.10. The van der Waals surface area contributed by atoms with Gasteiger partial charge in [-0.05, 0) is 59.5 Å². The molecule has 0 aliphatic heterocycles. The van der Waals surface area contributed by atoms with Crippen LogP contribution in [0.3, 0.4) is 0 Å². The quantitative estimate of drug-likeness (QED) is 0.899. The van der Waals surface area contributed by atoms with Crippen molar-refractivity contribution in [1.82, 2.24) is 4.90 Å². The second-order valence-electron chi connectivity index (χ2n) is 4.21. The first kappa shape index (κ1) is 15.4. The number of carbonyl (C=O) groups is 1. The average Bonchev–Trinajstić information content (AvgIpc) is 2.37. The van der Waals surface area contributed by atoms with Crippen LogP contribution in [0.25, 0.3) is 0 Å². The van der Waals surface area contributed by atoms with E-state index in [1.54, 1.807) is 35.8 Å². The predicted octanol–water partition coefficient (Wildman–Crippen LogP) is 3.37. The van der Waals surface area contributed by atoms with Gasteiger partial charge < -0.3 is 10.0 Å². The minimum absolute atomic E-state index is 0.0635. The molecule has 0 saturated heterocycles. The van der Waals surface area contributed by atoms with E-state index < -0.39 is 0 Å². The highest BCUT2D eigenvalue weighted by Crippen LogP contribution is 2.25. The molecule has 0 aromatic heterocycles. The summed E-state index contributed by atoms with van der Waals surface area (Å²) in [6.45, 7) is 2.03. The third-order valence-electron chi connectivity index (χ3n) is 2.91. The van der Waals surface area contributed by atoms with Crippen molar-refractivity contribution in [3.05, 3.63) is 28.2 Å². The molecule has 0 radical (unpaired) electrons. The number of halogens is 1. The smallest absolute Gasteiger partial charge is 0.253 e. The molecule has 1 N–H and O–H groups in total. The molecule has 0 fully saturated rings. The lowest BCUT2D eigenvalue weighted by atomic mass is 10.1. The molecule has 0 aliphatic rings. The molecule has 0 spiro atoms. The summed E-state index contributed by atoms with van der Waals surface area (Å²) in [5, 5.41) is 9.59. The molecule has 0 aliphatic carbocycles. The Labute approximate surface area is 121 Å². The number of phenolic OH excluding ortho intramolecular Hbond substituents is 1. The molecule has 0 heterocycles. The van der Waals surface area contributed by atoms with Gasteiger partial charge in [0.25, 0.3) is 5.91 Å². The standard InChI is InChI=1S/C13H18BrNO2S/c1-9(6-7-18-3)15(2)13(17)10-4-5-11(14)12(16)8-10/h4-5,8-9,16H,6-7H2,1-3H3. The number of rotatable bonds is 5. The Kier molecular flexibility index (Phi) is 6.02. The topological polar surface area (TPSA) is 40.5 Å². The number of phenols is 1. The number of thioether (sulfide) groups is 1. The fourth-order valence-corrected chi connectivity index (χ4v) is 2.35. The van der Waals surface area contributed by atoms with Crippen LogP contribution < -0.4 is 0 Å². The lowest BCUT2D eigenvalue weighted by Gasteiger charge is -2.25. The van der Waals surface area contributed by atoms with Crippen molar-refractivity contribution in [1.29, 1.82) is 0 Å². The molecule has 0 bridgehead atoms. The molecule has 18 heavy (non-hydrogen) atoms. The van der Waals surface area contributed by atoms with Crippen molar-refractivity contribution in [2.75, 3.05) is 19.1 Å². The van der Waals surface area contributed by atoms with Crippen LogP contribution in [0, 0.1) is 0 Å². The van der Waals surface area contributed by atoms with Crippen LogP contribution in [0.2, 0.25) is 0 Å². The van der Waals surface area contributed by atoms with Gasteiger partial charge in [-0.1, -0.05) is 0 Å². The molecule has 1 rings (SSSR count). The van der Waals surface area contributed by atoms with Crippen molar-refractivity contribution >= 4 is 33.6 Å². The lowest BCUT2D eigenvalue weighted by Crippen LogP contribution is -2.35. The van der Waals surface area contributed by atoms with Gasteiger partial charge in [-0.2, -0.15) is 11.8 Å². The van der Waals surface area contributed by atoms with Crippen LogP contribution in [0.5, 0.6) is 5.75 Å². The van der Waals surface area contributed by atoms with Crippen LogP contribution in [0.4, 0.5) is 0 Å². The number of aromatic hydroxyl groups is 1. The first-order valence-corrected chi connectivity index (χ1v) is 7.90. The van der Waals surface area contributed by atoms with Gasteiger partial charge >= 0.3 is 0 Å². The van der Waals surface area contributed by atoms with E-state index in [1.807, 2.05) is 6.92 Å². The van der Waals surface area contributed by atoms with Gasteiger partial charge in [0.05, 0.1) is 4.47 Å². The van der Waals surface area contributed by atoms with E-state index >= 15 is 0 Å². The molecule has 1 atom stereocenters. The van der Waals surface area contributed by atoms with E-state index in [1.165, 1.54) is 6.07 Å². The van der Waals surface area contributed by atoms with Crippen molar-refractivity contribution in [2.24, 2.45) is 0 Å². The zero-order valence-corrected chi connectivity index (χ0v) is 13.2. The van der Waals surface area contributed by atoms with E-state index in [0.717, 1.165) is 12.2 Å². The van der Waals surface area contributed by atoms with Gasteiger partial charge in [0.2, 0.25) is 0 Å². The maximum absolute atomic E-state index is 12.2. The fraction of sp³-hybridized carbons (Fsp3) is 0.462. The van der Waals surface area contributed by atoms with E-state index in [-0.39, 0.29) is 17.7 Å². The summed E-state index contributed by atoms with van der Waals surface area (Å²) in [6.07, 6.45) is 3.02. The number of benzene rings is 1. The Bertz CT molecular complexity index is 425. The van der Waals surface area contributed by atoms with E-state index in [0.29, 0.717) is 10.0 Å². The first-order chi connectivity index (χ1) is 8.47. The van der Waals surface area contributed by atoms with Crippen molar-refractivity contribution in [3.63, 3.8) is 0 Å². The Morgan fingerprint density at radius 1 is 1.56 bits per heavy atom. The van der Waals surface area contributed by atoms with Gasteiger partial charge in [0, 0.05) is 18.7 Å². The second kappa shape index (κ2) is 7.04. The maximum Gasteiger partial charge on any atom is 0.253 e. The van der Waals surface area contributed by atoms with Crippen LogP contribution >= 0.6 is 27.7 Å². The molecule has 1 aromatic rings. The number of hydrogen-bond acceptors (Lipinski definition) is 3. The minimum Gasteiger partial charge on any atom is -0.507 e. The molecule has 5 heteroatoms. The summed E-state index contributed by atoms with van der Waals surface area (Å²) in [4.78, 5) is 13.9. The lowest BCUT2D eigenvalue weighted by molar-refractivity contribution is 0.0741. The van der Waals surface area contributed by atoms with Gasteiger partial charge in [0.15, 0.2) is 0 Å². The molecular formula is C13H18BrNO2S. The van der Waals surface area contributed by atoms with Crippen LogP contribution in [-0.2, 0) is 0 Å². The van der Waals surface area contributed by atoms with Gasteiger partial charge in [0.1, 0.15) is 5.75 Å². The van der Waals surface area contributed by atoms with Crippen molar-refractivity contribution < 1.29 is 9.90 Å². The number of hydrogen-bond donors (Lipinski definition) is 1. The zero-order chi connectivity index (χ0) is 13.7. The fourth-order valence-electron chi connectivity index (χ4n) is 1.53. The largest absolute Gasteiger partial charge is 0.507 e. The zero-order valence-electron chi connectivity index (χ0n) is 10.8. The second-order valence-corrected chi connectivity index (χ2v) is 6.05. The summed E-state index contributed by atoms with van der Waals surface area (Å²) in [5.41, 5.74) is 0.509. The summed E-state index contributed by atoms with van der Waals surface area (Å²) in [7, 11) is 1.80. The number of amides is 1. The van der Waals surface area contributed by atoms with Gasteiger partial charge in [-0.25, -0.2) is 0 Å². The molecule has 1 amide bonds. The SMILES string of the molecule is CSCCC(C)N(C)C(=O)c1ccc(Br)c(O)c1. The summed E-state index contributed by atoms with van der Waals surface area (Å²) >= 11 is 4.98. The van der Waals surface area contributed by atoms with Crippen LogP contribution in [0.1, 0.15) is 23.7 Å². The third kappa shape index (κ3) is 3.92. The molecule has 1 unspecified atom stereocenters. The number of nitrogens with zero attached hydrogens (tertiary/aromatic N) is 1. The molecule has 100 valence electrons. The Balaban J connectivity index is 2.76. The van der Waals surface area contributed by atoms with Gasteiger partial charge in [-0.15, -0.1) is 0 Å². The third-order valence-corrected chi connectivity index (χ3v) is 4.23. The predicted molar refractivity (Wildman–Crippen MR) is 80.4 cm³/mol. The van der Waals surface area contributed by atoms with Crippen molar-refractivity contribution in [3.8, 4) is 5.75 Å². The van der Waals surface area contributed by atoms with Gasteiger partial charge in [-0.3, -0.25) is 4.79 Å². The minimum atomic E-state index is -0.0635. The number of carbonyl (C=O) groups excluding carboxylic acids is 1. The molecular weight excluding hydrogens is 314 g/mol. The Hall–Kier alpha value is -0.680. The first-order valence-electron chi connectivity index (χ1n) is 5.72. The summed E-state index contributed by atoms with van der Waals surface area (Å²) in [6, 6.07) is 5.08.